The van der Waals surface area contributed by atoms with E-state index >= 15 is 0 Å². The van der Waals surface area contributed by atoms with Gasteiger partial charge in [-0.2, -0.15) is 10.2 Å². The molecule has 1 aliphatic rings. The molecular weight excluding hydrogens is 494 g/mol. The van der Waals surface area contributed by atoms with Gasteiger partial charge in [0.25, 0.3) is 0 Å². The molecule has 14 heteroatoms. The van der Waals surface area contributed by atoms with Gasteiger partial charge in [0.1, 0.15) is 22.8 Å². The molecule has 0 amide bonds. The van der Waals surface area contributed by atoms with Crippen molar-refractivity contribution in [2.75, 3.05) is 15.1 Å². The lowest BCUT2D eigenvalue weighted by Gasteiger charge is -2.39. The first kappa shape index (κ1) is 21.2. The van der Waals surface area contributed by atoms with Gasteiger partial charge in [-0.1, -0.05) is 11.2 Å². The fourth-order valence-electron chi connectivity index (χ4n) is 4.74. The SMILES string of the molecule is c1ccc(N2N(c3cccs3)N(c3ccon3)C(c3ncccn3)C2(c2conn2)c2ccn[nH]2)nc1. The molecule has 0 bridgehead atoms. The molecule has 0 saturated carbocycles. The van der Waals surface area contributed by atoms with Crippen molar-refractivity contribution in [3.63, 3.8) is 0 Å². The molecule has 0 aromatic carbocycles. The molecule has 13 nitrogen and oxygen atoms in total. The van der Waals surface area contributed by atoms with Crippen LogP contribution in [0.3, 0.4) is 0 Å². The van der Waals surface area contributed by atoms with Gasteiger partial charge in [0.05, 0.1) is 5.69 Å². The second-order valence-corrected chi connectivity index (χ2v) is 8.91. The van der Waals surface area contributed by atoms with Crippen molar-refractivity contribution in [1.82, 2.24) is 40.7 Å². The Morgan fingerprint density at radius 3 is 2.49 bits per heavy atom. The zero-order valence-corrected chi connectivity index (χ0v) is 19.8. The highest BCUT2D eigenvalue weighted by molar-refractivity contribution is 7.14. The summed E-state index contributed by atoms with van der Waals surface area (Å²) in [6, 6.07) is 14.4. The van der Waals surface area contributed by atoms with E-state index in [0.717, 1.165) is 5.00 Å². The van der Waals surface area contributed by atoms with Crippen molar-refractivity contribution in [2.45, 2.75) is 11.6 Å². The first-order valence-electron chi connectivity index (χ1n) is 11.2. The number of H-pyrrole nitrogens is 1. The maximum absolute atomic E-state index is 5.32. The quantitative estimate of drug-likeness (QED) is 0.350. The van der Waals surface area contributed by atoms with E-state index in [0.29, 0.717) is 28.8 Å². The average molecular weight is 512 g/mol. The van der Waals surface area contributed by atoms with Gasteiger partial charge in [0, 0.05) is 36.1 Å². The van der Waals surface area contributed by atoms with Crippen molar-refractivity contribution < 1.29 is 9.05 Å². The van der Waals surface area contributed by atoms with E-state index in [4.69, 9.17) is 14.0 Å². The van der Waals surface area contributed by atoms with Crippen LogP contribution in [0.1, 0.15) is 23.3 Å². The zero-order chi connectivity index (χ0) is 24.7. The number of nitrogens with one attached hydrogen (secondary N) is 1. The summed E-state index contributed by atoms with van der Waals surface area (Å²) < 4.78 is 10.6. The Morgan fingerprint density at radius 1 is 0.892 bits per heavy atom. The molecule has 1 fully saturated rings. The number of aromatic nitrogens is 8. The lowest BCUT2D eigenvalue weighted by atomic mass is 9.82. The standard InChI is InChI=1S/C23H17N11O2S/c1-2-9-24-18(5-1)33-23(16-7-12-27-28-16,17-15-36-31-29-17)21(22-25-10-4-11-26-22)32(19-8-13-35-30-19)34(33)20-6-3-14-37-20/h1-15,21H,(H,27,28). The molecule has 0 spiro atoms. The van der Waals surface area contributed by atoms with Crippen LogP contribution in [0.4, 0.5) is 16.6 Å². The number of hydrogen-bond donors (Lipinski definition) is 1. The van der Waals surface area contributed by atoms with E-state index in [1.807, 2.05) is 56.9 Å². The maximum Gasteiger partial charge on any atom is 0.192 e. The van der Waals surface area contributed by atoms with Crippen LogP contribution in [-0.4, -0.2) is 40.7 Å². The van der Waals surface area contributed by atoms with Crippen molar-refractivity contribution in [3.8, 4) is 0 Å². The van der Waals surface area contributed by atoms with E-state index in [1.165, 1.54) is 12.5 Å². The van der Waals surface area contributed by atoms with Crippen LogP contribution in [0.25, 0.3) is 0 Å². The smallest absolute Gasteiger partial charge is 0.192 e. The third-order valence-electron chi connectivity index (χ3n) is 6.09. The summed E-state index contributed by atoms with van der Waals surface area (Å²) in [6.07, 6.45) is 9.82. The van der Waals surface area contributed by atoms with Crippen LogP contribution in [-0.2, 0) is 5.54 Å². The van der Waals surface area contributed by atoms with Crippen LogP contribution in [0.2, 0.25) is 0 Å². The number of hydrogen-bond acceptors (Lipinski definition) is 13. The number of aromatic amines is 1. The Kier molecular flexibility index (Phi) is 4.88. The summed E-state index contributed by atoms with van der Waals surface area (Å²) in [5.74, 6) is 1.62. The molecule has 1 N–H and O–H groups in total. The molecule has 182 valence electrons. The van der Waals surface area contributed by atoms with Crippen LogP contribution in [0, 0.1) is 0 Å². The first-order valence-corrected chi connectivity index (χ1v) is 12.1. The Balaban J connectivity index is 1.64. The summed E-state index contributed by atoms with van der Waals surface area (Å²) >= 11 is 1.54. The summed E-state index contributed by atoms with van der Waals surface area (Å²) in [6.45, 7) is 0. The first-order chi connectivity index (χ1) is 18.4. The van der Waals surface area contributed by atoms with Gasteiger partial charge in [0.2, 0.25) is 0 Å². The van der Waals surface area contributed by atoms with Gasteiger partial charge in [-0.25, -0.2) is 25.0 Å². The Bertz CT molecular complexity index is 1420. The second-order valence-electron chi connectivity index (χ2n) is 7.98. The highest BCUT2D eigenvalue weighted by atomic mass is 32.1. The largest absolute Gasteiger partial charge is 0.363 e. The van der Waals surface area contributed by atoms with E-state index in [-0.39, 0.29) is 0 Å². The van der Waals surface area contributed by atoms with E-state index in [2.05, 4.69) is 35.7 Å². The number of pyridine rings is 1. The molecular formula is C23H17N11O2S. The predicted octanol–water partition coefficient (Wildman–Crippen LogP) is 3.38. The highest BCUT2D eigenvalue weighted by Crippen LogP contribution is 2.56. The van der Waals surface area contributed by atoms with Crippen molar-refractivity contribution in [1.29, 1.82) is 0 Å². The normalized spacial score (nSPS) is 19.6. The fraction of sp³-hybridized carbons (Fsp3) is 0.0870. The Morgan fingerprint density at radius 2 is 1.81 bits per heavy atom. The minimum absolute atomic E-state index is 0.479. The van der Waals surface area contributed by atoms with Gasteiger partial charge in [-0.05, 0) is 41.8 Å². The second kappa shape index (κ2) is 8.53. The lowest BCUT2D eigenvalue weighted by Crippen LogP contribution is -2.52. The minimum atomic E-state index is -1.20. The molecule has 0 aliphatic carbocycles. The highest BCUT2D eigenvalue weighted by Gasteiger charge is 2.65. The fourth-order valence-corrected chi connectivity index (χ4v) is 5.46. The number of thiophene rings is 1. The maximum atomic E-state index is 5.32. The number of hydrazine groups is 2. The van der Waals surface area contributed by atoms with Crippen molar-refractivity contribution in [2.24, 2.45) is 0 Å². The molecule has 2 atom stereocenters. The Hall–Kier alpha value is -5.11. The zero-order valence-electron chi connectivity index (χ0n) is 18.9. The van der Waals surface area contributed by atoms with Gasteiger partial charge in [-0.3, -0.25) is 5.10 Å². The van der Waals surface area contributed by atoms with Crippen LogP contribution >= 0.6 is 11.3 Å². The summed E-state index contributed by atoms with van der Waals surface area (Å²) in [5.41, 5.74) is -0.0407. The third kappa shape index (κ3) is 3.12. The van der Waals surface area contributed by atoms with Crippen LogP contribution in [0.15, 0.2) is 100 Å². The van der Waals surface area contributed by atoms with E-state index in [1.54, 1.807) is 48.3 Å². The van der Waals surface area contributed by atoms with Crippen LogP contribution in [0.5, 0.6) is 0 Å². The monoisotopic (exact) mass is 511 g/mol. The van der Waals surface area contributed by atoms with Gasteiger partial charge in [-0.15, -0.1) is 16.4 Å². The van der Waals surface area contributed by atoms with Crippen LogP contribution < -0.4 is 15.1 Å². The predicted molar refractivity (Wildman–Crippen MR) is 131 cm³/mol. The number of rotatable bonds is 6. The molecule has 7 heterocycles. The summed E-state index contributed by atoms with van der Waals surface area (Å²) in [7, 11) is 0. The molecule has 6 aromatic rings. The number of nitrogens with zero attached hydrogens (tertiary/aromatic N) is 10. The third-order valence-corrected chi connectivity index (χ3v) is 6.92. The minimum Gasteiger partial charge on any atom is -0.363 e. The van der Waals surface area contributed by atoms with E-state index < -0.39 is 11.6 Å². The molecule has 2 unspecified atom stereocenters. The molecule has 7 rings (SSSR count). The molecule has 1 saturated heterocycles. The van der Waals surface area contributed by atoms with E-state index in [9.17, 15) is 0 Å². The van der Waals surface area contributed by atoms with Gasteiger partial charge in [0.15, 0.2) is 29.5 Å². The molecule has 1 aliphatic heterocycles. The number of anilines is 3. The van der Waals surface area contributed by atoms with Crippen molar-refractivity contribution >= 4 is 28.0 Å². The Labute approximate surface area is 212 Å². The molecule has 0 radical (unpaired) electrons. The molecule has 37 heavy (non-hydrogen) atoms. The van der Waals surface area contributed by atoms with Gasteiger partial charge < -0.3 is 9.05 Å². The average Bonchev–Trinajstić information content (AvgIpc) is 3.78. The molecule has 6 aromatic heterocycles. The topological polar surface area (TPSA) is 142 Å². The van der Waals surface area contributed by atoms with Gasteiger partial charge >= 0.3 is 0 Å². The summed E-state index contributed by atoms with van der Waals surface area (Å²) in [4.78, 5) is 14.1. The van der Waals surface area contributed by atoms with Crippen molar-refractivity contribution in [3.05, 3.63) is 108 Å². The lowest BCUT2D eigenvalue weighted by molar-refractivity contribution is 0.392. The summed E-state index contributed by atoms with van der Waals surface area (Å²) in [5, 5.41) is 28.8.